The van der Waals surface area contributed by atoms with Crippen molar-refractivity contribution in [3.05, 3.63) is 35.4 Å². The van der Waals surface area contributed by atoms with E-state index in [9.17, 15) is 9.59 Å². The minimum absolute atomic E-state index is 0.280. The SMILES string of the molecule is C#CC#C[C@@H](OC(C)=O)c1ccccc1C(=O)OC. The molecule has 4 nitrogen and oxygen atoms in total. The molecule has 0 saturated carbocycles. The number of methoxy groups -OCH3 is 1. The molecule has 4 heteroatoms. The van der Waals surface area contributed by atoms with Gasteiger partial charge in [-0.15, -0.1) is 6.42 Å². The fourth-order valence-electron chi connectivity index (χ4n) is 1.47. The summed E-state index contributed by atoms with van der Waals surface area (Å²) in [6, 6.07) is 6.57. The van der Waals surface area contributed by atoms with Crippen molar-refractivity contribution in [1.82, 2.24) is 0 Å². The smallest absolute Gasteiger partial charge is 0.338 e. The molecule has 0 aliphatic rings. The number of carbonyl (C=O) groups is 2. The normalized spacial score (nSPS) is 10.4. The maximum absolute atomic E-state index is 11.6. The van der Waals surface area contributed by atoms with E-state index < -0.39 is 18.0 Å². The molecule has 19 heavy (non-hydrogen) atoms. The average molecular weight is 256 g/mol. The van der Waals surface area contributed by atoms with E-state index in [4.69, 9.17) is 11.2 Å². The van der Waals surface area contributed by atoms with Crippen LogP contribution in [-0.4, -0.2) is 19.0 Å². The Hall–Kier alpha value is -2.72. The summed E-state index contributed by atoms with van der Waals surface area (Å²) in [5.41, 5.74) is 0.717. The summed E-state index contributed by atoms with van der Waals surface area (Å²) in [7, 11) is 1.27. The third-order valence-corrected chi connectivity index (χ3v) is 2.21. The second-order valence-electron chi connectivity index (χ2n) is 3.48. The third kappa shape index (κ3) is 3.90. The van der Waals surface area contributed by atoms with Crippen molar-refractivity contribution >= 4 is 11.9 Å². The summed E-state index contributed by atoms with van der Waals surface area (Å²) in [6.45, 7) is 1.26. The number of rotatable bonds is 3. The van der Waals surface area contributed by atoms with Crippen LogP contribution in [0.1, 0.15) is 28.9 Å². The fourth-order valence-corrected chi connectivity index (χ4v) is 1.47. The van der Waals surface area contributed by atoms with Gasteiger partial charge in [-0.25, -0.2) is 4.79 Å². The topological polar surface area (TPSA) is 52.6 Å². The van der Waals surface area contributed by atoms with E-state index >= 15 is 0 Å². The van der Waals surface area contributed by atoms with Crippen molar-refractivity contribution in [2.45, 2.75) is 13.0 Å². The van der Waals surface area contributed by atoms with Gasteiger partial charge in [0.05, 0.1) is 12.7 Å². The number of ether oxygens (including phenoxy) is 2. The highest BCUT2D eigenvalue weighted by molar-refractivity contribution is 5.91. The van der Waals surface area contributed by atoms with Gasteiger partial charge in [0.2, 0.25) is 0 Å². The highest BCUT2D eigenvalue weighted by Gasteiger charge is 2.20. The van der Waals surface area contributed by atoms with E-state index in [0.29, 0.717) is 5.56 Å². The Bertz CT molecular complexity index is 584. The number of hydrogen-bond donors (Lipinski definition) is 0. The Balaban J connectivity index is 3.26. The van der Waals surface area contributed by atoms with Crippen LogP contribution in [0.4, 0.5) is 0 Å². The zero-order valence-corrected chi connectivity index (χ0v) is 10.6. The lowest BCUT2D eigenvalue weighted by Gasteiger charge is -2.14. The second kappa shape index (κ2) is 6.88. The molecule has 0 spiro atoms. The molecule has 1 aromatic rings. The maximum atomic E-state index is 11.6. The second-order valence-corrected chi connectivity index (χ2v) is 3.48. The van der Waals surface area contributed by atoms with Crippen LogP contribution in [0.2, 0.25) is 0 Å². The standard InChI is InChI=1S/C15H12O4/c1-4-5-10-14(19-11(2)16)12-8-6-7-9-13(12)15(17)18-3/h1,6-9,14H,2-3H3/t14-/m1/s1. The minimum Gasteiger partial charge on any atom is -0.465 e. The molecular formula is C15H12O4. The Morgan fingerprint density at radius 2 is 2.00 bits per heavy atom. The van der Waals surface area contributed by atoms with Crippen LogP contribution in [0.25, 0.3) is 0 Å². The highest BCUT2D eigenvalue weighted by Crippen LogP contribution is 2.22. The van der Waals surface area contributed by atoms with E-state index in [1.165, 1.54) is 14.0 Å². The van der Waals surface area contributed by atoms with E-state index in [1.807, 2.05) is 0 Å². The molecule has 0 aliphatic heterocycles. The van der Waals surface area contributed by atoms with Gasteiger partial charge in [0, 0.05) is 12.5 Å². The lowest BCUT2D eigenvalue weighted by Crippen LogP contribution is -2.12. The summed E-state index contributed by atoms with van der Waals surface area (Å²) < 4.78 is 9.73. The van der Waals surface area contributed by atoms with Gasteiger partial charge in [-0.2, -0.15) is 0 Å². The zero-order valence-electron chi connectivity index (χ0n) is 10.6. The predicted molar refractivity (Wildman–Crippen MR) is 68.9 cm³/mol. The van der Waals surface area contributed by atoms with Crippen molar-refractivity contribution in [1.29, 1.82) is 0 Å². The Morgan fingerprint density at radius 3 is 2.58 bits per heavy atom. The third-order valence-electron chi connectivity index (χ3n) is 2.21. The average Bonchev–Trinajstić information content (AvgIpc) is 2.42. The fraction of sp³-hybridized carbons (Fsp3) is 0.200. The predicted octanol–water partition coefficient (Wildman–Crippen LogP) is 1.71. The van der Waals surface area contributed by atoms with Gasteiger partial charge < -0.3 is 9.47 Å². The molecule has 0 amide bonds. The van der Waals surface area contributed by atoms with Crippen LogP contribution in [0, 0.1) is 24.2 Å². The van der Waals surface area contributed by atoms with E-state index in [-0.39, 0.29) is 5.56 Å². The van der Waals surface area contributed by atoms with Crippen molar-refractivity contribution in [3.63, 3.8) is 0 Å². The number of benzene rings is 1. The largest absolute Gasteiger partial charge is 0.465 e. The molecule has 1 aromatic carbocycles. The summed E-state index contributed by atoms with van der Waals surface area (Å²) in [5.74, 6) is 6.07. The van der Waals surface area contributed by atoms with E-state index in [2.05, 4.69) is 22.5 Å². The van der Waals surface area contributed by atoms with Crippen LogP contribution in [0.15, 0.2) is 24.3 Å². The molecule has 0 N–H and O–H groups in total. The van der Waals surface area contributed by atoms with Crippen molar-refractivity contribution in [2.24, 2.45) is 0 Å². The summed E-state index contributed by atoms with van der Waals surface area (Å²) in [5, 5.41) is 0. The van der Waals surface area contributed by atoms with Crippen LogP contribution >= 0.6 is 0 Å². The lowest BCUT2D eigenvalue weighted by atomic mass is 10.0. The van der Waals surface area contributed by atoms with Crippen molar-refractivity contribution in [3.8, 4) is 24.2 Å². The monoisotopic (exact) mass is 256 g/mol. The molecule has 0 bridgehead atoms. The van der Waals surface area contributed by atoms with Gasteiger partial charge in [0.15, 0.2) is 6.10 Å². The van der Waals surface area contributed by atoms with Crippen LogP contribution in [-0.2, 0) is 14.3 Å². The van der Waals surface area contributed by atoms with Gasteiger partial charge >= 0.3 is 11.9 Å². The minimum atomic E-state index is -0.899. The molecule has 96 valence electrons. The van der Waals surface area contributed by atoms with Crippen LogP contribution in [0.3, 0.4) is 0 Å². The molecule has 0 aromatic heterocycles. The Kier molecular flexibility index (Phi) is 5.19. The molecular weight excluding hydrogens is 244 g/mol. The molecule has 0 aliphatic carbocycles. The van der Waals surface area contributed by atoms with Gasteiger partial charge in [-0.1, -0.05) is 18.2 Å². The molecule has 0 saturated heterocycles. The number of hydrogen-bond acceptors (Lipinski definition) is 4. The molecule has 0 unspecified atom stereocenters. The molecule has 1 atom stereocenters. The van der Waals surface area contributed by atoms with Crippen LogP contribution < -0.4 is 0 Å². The molecule has 0 radical (unpaired) electrons. The summed E-state index contributed by atoms with van der Waals surface area (Å²) >= 11 is 0. The molecule has 0 fully saturated rings. The summed E-state index contributed by atoms with van der Waals surface area (Å²) in [4.78, 5) is 22.7. The van der Waals surface area contributed by atoms with Crippen molar-refractivity contribution in [2.75, 3.05) is 7.11 Å². The number of carbonyl (C=O) groups excluding carboxylic acids is 2. The lowest BCUT2D eigenvalue weighted by molar-refractivity contribution is -0.144. The quantitative estimate of drug-likeness (QED) is 0.610. The van der Waals surface area contributed by atoms with Gasteiger partial charge in [0.25, 0.3) is 0 Å². The number of terminal acetylenes is 1. The summed E-state index contributed by atoms with van der Waals surface area (Å²) in [6.07, 6.45) is 4.15. The van der Waals surface area contributed by atoms with E-state index in [1.54, 1.807) is 24.3 Å². The first kappa shape index (κ1) is 14.3. The van der Waals surface area contributed by atoms with Gasteiger partial charge in [-0.05, 0) is 23.8 Å². The van der Waals surface area contributed by atoms with Gasteiger partial charge in [0.1, 0.15) is 0 Å². The van der Waals surface area contributed by atoms with Crippen molar-refractivity contribution < 1.29 is 19.1 Å². The zero-order chi connectivity index (χ0) is 14.3. The van der Waals surface area contributed by atoms with Gasteiger partial charge in [-0.3, -0.25) is 4.79 Å². The first-order valence-electron chi connectivity index (χ1n) is 5.40. The number of esters is 2. The molecule has 0 heterocycles. The highest BCUT2D eigenvalue weighted by atomic mass is 16.5. The Morgan fingerprint density at radius 1 is 1.32 bits per heavy atom. The molecule has 1 rings (SSSR count). The van der Waals surface area contributed by atoms with E-state index in [0.717, 1.165) is 0 Å². The first-order valence-corrected chi connectivity index (χ1v) is 5.40. The van der Waals surface area contributed by atoms with Crippen LogP contribution in [0.5, 0.6) is 0 Å². The maximum Gasteiger partial charge on any atom is 0.338 e. The first-order chi connectivity index (χ1) is 9.10. The Labute approximate surface area is 111 Å².